The van der Waals surface area contributed by atoms with E-state index in [1.54, 1.807) is 36.3 Å². The molecule has 2 aliphatic heterocycles. The lowest BCUT2D eigenvalue weighted by Gasteiger charge is -2.26. The molecule has 3 heterocycles. The number of benzene rings is 1. The first-order valence-electron chi connectivity index (χ1n) is 8.57. The van der Waals surface area contributed by atoms with E-state index in [0.717, 1.165) is 0 Å². The van der Waals surface area contributed by atoms with E-state index < -0.39 is 16.0 Å². The molecule has 0 atom stereocenters. The van der Waals surface area contributed by atoms with Crippen LogP contribution in [0, 0.1) is 0 Å². The molecular formula is C18H16N4O6S. The molecule has 2 aliphatic rings. The van der Waals surface area contributed by atoms with Crippen LogP contribution in [-0.4, -0.2) is 54.7 Å². The Labute approximate surface area is 166 Å². The predicted molar refractivity (Wildman–Crippen MR) is 101 cm³/mol. The number of fused-ring (bicyclic) bond motifs is 1. The van der Waals surface area contributed by atoms with Gasteiger partial charge < -0.3 is 18.9 Å². The standard InChI is InChI=1S/C18H16N4O6S/c1-26-14-4-2-3-12(9-14)17-19-16(28-20-17)11-27-18(23)13-5-6-15-21-29(24,25)8-7-22(15)10-13/h2-6,9-10H,7-8,11H2,1H3. The van der Waals surface area contributed by atoms with Gasteiger partial charge in [0.1, 0.15) is 11.6 Å². The van der Waals surface area contributed by atoms with Crippen LogP contribution in [0.4, 0.5) is 0 Å². The first-order valence-corrected chi connectivity index (χ1v) is 10.2. The first-order chi connectivity index (χ1) is 13.9. The summed E-state index contributed by atoms with van der Waals surface area (Å²) in [5, 5.41) is 3.88. The van der Waals surface area contributed by atoms with Crippen molar-refractivity contribution in [3.8, 4) is 17.1 Å². The molecule has 4 rings (SSSR count). The summed E-state index contributed by atoms with van der Waals surface area (Å²) >= 11 is 0. The monoisotopic (exact) mass is 416 g/mol. The summed E-state index contributed by atoms with van der Waals surface area (Å²) in [7, 11) is -1.89. The molecule has 0 aliphatic carbocycles. The summed E-state index contributed by atoms with van der Waals surface area (Å²) in [5.74, 6) is 0.704. The second-order valence-corrected chi connectivity index (χ2v) is 7.92. The number of esters is 1. The molecule has 0 amide bonds. The Balaban J connectivity index is 1.40. The average molecular weight is 416 g/mol. The number of rotatable bonds is 5. The summed E-state index contributed by atoms with van der Waals surface area (Å²) < 4.78 is 42.2. The van der Waals surface area contributed by atoms with E-state index in [-0.39, 0.29) is 36.2 Å². The molecule has 150 valence electrons. The number of sulfonamides is 1. The lowest BCUT2D eigenvalue weighted by Crippen LogP contribution is -2.37. The number of carbonyl (C=O) groups is 1. The Hall–Kier alpha value is -3.47. The fourth-order valence-electron chi connectivity index (χ4n) is 2.73. The van der Waals surface area contributed by atoms with Crippen molar-refractivity contribution in [3.63, 3.8) is 0 Å². The van der Waals surface area contributed by atoms with Crippen LogP contribution >= 0.6 is 0 Å². The third kappa shape index (κ3) is 4.19. The molecule has 0 N–H and O–H groups in total. The quantitative estimate of drug-likeness (QED) is 0.663. The largest absolute Gasteiger partial charge is 0.497 e. The lowest BCUT2D eigenvalue weighted by molar-refractivity contribution is -0.140. The summed E-state index contributed by atoms with van der Waals surface area (Å²) in [5.41, 5.74) is 0.964. The highest BCUT2D eigenvalue weighted by atomic mass is 32.2. The molecule has 0 bridgehead atoms. The van der Waals surface area contributed by atoms with E-state index in [0.29, 0.717) is 17.1 Å². The maximum atomic E-state index is 12.3. The van der Waals surface area contributed by atoms with Crippen molar-refractivity contribution in [1.82, 2.24) is 15.0 Å². The molecule has 0 unspecified atom stereocenters. The molecule has 2 aromatic rings. The van der Waals surface area contributed by atoms with E-state index in [9.17, 15) is 13.2 Å². The van der Waals surface area contributed by atoms with Crippen molar-refractivity contribution in [1.29, 1.82) is 0 Å². The zero-order valence-electron chi connectivity index (χ0n) is 15.3. The van der Waals surface area contributed by atoms with E-state index in [1.165, 1.54) is 18.4 Å². The van der Waals surface area contributed by atoms with Crippen LogP contribution in [0.5, 0.6) is 5.75 Å². The summed E-state index contributed by atoms with van der Waals surface area (Å²) in [4.78, 5) is 18.1. The number of hydrogen-bond acceptors (Lipinski definition) is 9. The minimum Gasteiger partial charge on any atom is -0.497 e. The number of amidine groups is 1. The van der Waals surface area contributed by atoms with E-state index in [1.807, 2.05) is 0 Å². The van der Waals surface area contributed by atoms with Crippen LogP contribution in [0.15, 0.2) is 57.1 Å². The maximum Gasteiger partial charge on any atom is 0.340 e. The molecule has 0 fully saturated rings. The van der Waals surface area contributed by atoms with Gasteiger partial charge in [-0.15, -0.1) is 4.40 Å². The molecular weight excluding hydrogens is 400 g/mol. The fraction of sp³-hybridized carbons (Fsp3) is 0.222. The molecule has 11 heteroatoms. The highest BCUT2D eigenvalue weighted by Crippen LogP contribution is 2.22. The molecule has 0 spiro atoms. The second kappa shape index (κ2) is 7.51. The third-order valence-corrected chi connectivity index (χ3v) is 5.35. The van der Waals surface area contributed by atoms with Crippen molar-refractivity contribution in [3.05, 3.63) is 54.1 Å². The van der Waals surface area contributed by atoms with E-state index in [4.69, 9.17) is 14.0 Å². The van der Waals surface area contributed by atoms with Gasteiger partial charge >= 0.3 is 5.97 Å². The minimum atomic E-state index is -3.45. The molecule has 0 saturated heterocycles. The molecule has 1 aromatic carbocycles. The van der Waals surface area contributed by atoms with Crippen LogP contribution < -0.4 is 4.74 Å². The van der Waals surface area contributed by atoms with Crippen LogP contribution in [0.3, 0.4) is 0 Å². The van der Waals surface area contributed by atoms with Gasteiger partial charge in [-0.05, 0) is 24.3 Å². The van der Waals surface area contributed by atoms with Gasteiger partial charge in [0, 0.05) is 18.3 Å². The Morgan fingerprint density at radius 2 is 2.17 bits per heavy atom. The van der Waals surface area contributed by atoms with Crippen molar-refractivity contribution in [2.24, 2.45) is 4.40 Å². The Morgan fingerprint density at radius 1 is 1.31 bits per heavy atom. The summed E-state index contributed by atoms with van der Waals surface area (Å²) in [6.45, 7) is 0.0200. The fourth-order valence-corrected chi connectivity index (χ4v) is 3.69. The highest BCUT2D eigenvalue weighted by Gasteiger charge is 2.25. The Bertz CT molecular complexity index is 1150. The molecule has 29 heavy (non-hydrogen) atoms. The highest BCUT2D eigenvalue weighted by molar-refractivity contribution is 7.90. The van der Waals surface area contributed by atoms with Gasteiger partial charge in [-0.2, -0.15) is 4.98 Å². The van der Waals surface area contributed by atoms with Gasteiger partial charge in [0.25, 0.3) is 15.9 Å². The zero-order chi connectivity index (χ0) is 20.4. The predicted octanol–water partition coefficient (Wildman–Crippen LogP) is 1.29. The van der Waals surface area contributed by atoms with Crippen molar-refractivity contribution < 1.29 is 27.2 Å². The van der Waals surface area contributed by atoms with Crippen molar-refractivity contribution in [2.45, 2.75) is 6.61 Å². The number of hydrogen-bond donors (Lipinski definition) is 0. The van der Waals surface area contributed by atoms with Crippen LogP contribution in [0.1, 0.15) is 5.89 Å². The van der Waals surface area contributed by atoms with Crippen molar-refractivity contribution in [2.75, 3.05) is 19.4 Å². The summed E-state index contributed by atoms with van der Waals surface area (Å²) in [6.07, 6.45) is 4.42. The van der Waals surface area contributed by atoms with Gasteiger partial charge in [-0.3, -0.25) is 0 Å². The Kier molecular flexibility index (Phi) is 4.89. The molecule has 0 saturated carbocycles. The normalized spacial score (nSPS) is 17.2. The zero-order valence-corrected chi connectivity index (χ0v) is 16.1. The molecule has 1 aromatic heterocycles. The number of methoxy groups -OCH3 is 1. The first kappa shape index (κ1) is 18.9. The number of aromatic nitrogens is 2. The number of nitrogens with zero attached hydrogens (tertiary/aromatic N) is 4. The van der Waals surface area contributed by atoms with E-state index >= 15 is 0 Å². The maximum absolute atomic E-state index is 12.3. The minimum absolute atomic E-state index is 0.113. The van der Waals surface area contributed by atoms with Crippen LogP contribution in [0.2, 0.25) is 0 Å². The van der Waals surface area contributed by atoms with E-state index in [2.05, 4.69) is 14.5 Å². The Morgan fingerprint density at radius 3 is 3.00 bits per heavy atom. The van der Waals surface area contributed by atoms with Crippen LogP contribution in [0.25, 0.3) is 11.4 Å². The van der Waals surface area contributed by atoms with Gasteiger partial charge in [0.05, 0.1) is 18.4 Å². The third-order valence-electron chi connectivity index (χ3n) is 4.18. The number of ether oxygens (including phenoxy) is 2. The smallest absolute Gasteiger partial charge is 0.340 e. The number of carbonyl (C=O) groups excluding carboxylic acids is 1. The van der Waals surface area contributed by atoms with Crippen molar-refractivity contribution >= 4 is 21.8 Å². The molecule has 10 nitrogen and oxygen atoms in total. The topological polar surface area (TPSA) is 124 Å². The SMILES string of the molecule is COc1cccc(-c2noc(COC(=O)C3=CN4CCS(=O)(=O)N=C4C=C3)n2)c1. The average Bonchev–Trinajstić information content (AvgIpc) is 3.20. The van der Waals surface area contributed by atoms with Gasteiger partial charge in [-0.25, -0.2) is 13.2 Å². The van der Waals surface area contributed by atoms with Crippen LogP contribution in [-0.2, 0) is 26.2 Å². The van der Waals surface area contributed by atoms with Gasteiger partial charge in [-0.1, -0.05) is 17.3 Å². The van der Waals surface area contributed by atoms with Gasteiger partial charge in [0.2, 0.25) is 5.82 Å². The summed E-state index contributed by atoms with van der Waals surface area (Å²) in [6, 6.07) is 7.16. The lowest BCUT2D eigenvalue weighted by atomic mass is 10.2. The second-order valence-electron chi connectivity index (χ2n) is 6.17. The molecule has 0 radical (unpaired) electrons. The van der Waals surface area contributed by atoms with Gasteiger partial charge in [0.15, 0.2) is 6.61 Å².